The third kappa shape index (κ3) is 4.48. The van der Waals surface area contributed by atoms with Crippen molar-refractivity contribution in [3.05, 3.63) is 30.3 Å². The molecular formula is C13H20O3S. The Labute approximate surface area is 103 Å². The van der Waals surface area contributed by atoms with Gasteiger partial charge in [-0.3, -0.25) is 0 Å². The first-order valence-corrected chi connectivity index (χ1v) is 7.49. The van der Waals surface area contributed by atoms with Crippen LogP contribution in [0, 0.1) is 11.8 Å². The van der Waals surface area contributed by atoms with Gasteiger partial charge in [-0.25, -0.2) is 8.42 Å². The Balaban J connectivity index is 2.79. The molecular weight excluding hydrogens is 236 g/mol. The molecule has 0 unspecified atom stereocenters. The van der Waals surface area contributed by atoms with Crippen LogP contribution in [0.2, 0.25) is 0 Å². The Morgan fingerprint density at radius 3 is 2.24 bits per heavy atom. The number of rotatable bonds is 6. The maximum Gasteiger partial charge on any atom is 0.178 e. The molecule has 0 bridgehead atoms. The van der Waals surface area contributed by atoms with Crippen molar-refractivity contribution in [2.75, 3.05) is 12.4 Å². The van der Waals surface area contributed by atoms with Crippen LogP contribution in [0.3, 0.4) is 0 Å². The fourth-order valence-corrected chi connectivity index (χ4v) is 3.52. The van der Waals surface area contributed by atoms with Gasteiger partial charge in [0, 0.05) is 6.61 Å². The van der Waals surface area contributed by atoms with E-state index in [0.717, 1.165) is 6.42 Å². The molecule has 17 heavy (non-hydrogen) atoms. The molecule has 1 N–H and O–H groups in total. The molecule has 0 aliphatic carbocycles. The fourth-order valence-electron chi connectivity index (χ4n) is 1.90. The Bertz CT molecular complexity index is 423. The van der Waals surface area contributed by atoms with E-state index in [4.69, 9.17) is 0 Å². The van der Waals surface area contributed by atoms with Crippen LogP contribution in [0.1, 0.15) is 20.3 Å². The second kappa shape index (κ2) is 6.17. The lowest BCUT2D eigenvalue weighted by atomic mass is 10.00. The number of benzene rings is 1. The molecule has 0 fully saturated rings. The molecule has 96 valence electrons. The van der Waals surface area contributed by atoms with Crippen LogP contribution in [0.15, 0.2) is 35.2 Å². The average Bonchev–Trinajstić information content (AvgIpc) is 2.28. The van der Waals surface area contributed by atoms with E-state index in [1.54, 1.807) is 30.3 Å². The van der Waals surface area contributed by atoms with Crippen LogP contribution in [0.25, 0.3) is 0 Å². The van der Waals surface area contributed by atoms with E-state index in [-0.39, 0.29) is 18.3 Å². The standard InChI is InChI=1S/C13H20O3S/c1-11(2)8-12(9-14)10-17(15,16)13-6-4-3-5-7-13/h3-7,11-12,14H,8-10H2,1-2H3/t12-/m1/s1. The molecule has 1 aromatic carbocycles. The van der Waals surface area contributed by atoms with E-state index in [2.05, 4.69) is 0 Å². The van der Waals surface area contributed by atoms with E-state index in [1.807, 2.05) is 13.8 Å². The first-order chi connectivity index (χ1) is 7.95. The molecule has 1 aromatic rings. The second-order valence-electron chi connectivity index (χ2n) is 4.77. The summed E-state index contributed by atoms with van der Waals surface area (Å²) in [6.45, 7) is 3.97. The first kappa shape index (κ1) is 14.2. The van der Waals surface area contributed by atoms with E-state index >= 15 is 0 Å². The molecule has 0 amide bonds. The Hall–Kier alpha value is -0.870. The van der Waals surface area contributed by atoms with Gasteiger partial charge in [-0.15, -0.1) is 0 Å². The highest BCUT2D eigenvalue weighted by atomic mass is 32.2. The SMILES string of the molecule is CC(C)C[C@H](CO)CS(=O)(=O)c1ccccc1. The minimum absolute atomic E-state index is 0.0195. The lowest BCUT2D eigenvalue weighted by molar-refractivity contribution is 0.219. The van der Waals surface area contributed by atoms with E-state index < -0.39 is 9.84 Å². The molecule has 0 saturated carbocycles. The van der Waals surface area contributed by atoms with Gasteiger partial charge in [0.15, 0.2) is 9.84 Å². The first-order valence-electron chi connectivity index (χ1n) is 5.84. The van der Waals surface area contributed by atoms with Crippen LogP contribution >= 0.6 is 0 Å². The third-order valence-corrected chi connectivity index (χ3v) is 4.52. The zero-order chi connectivity index (χ0) is 12.9. The highest BCUT2D eigenvalue weighted by Gasteiger charge is 2.21. The van der Waals surface area contributed by atoms with Crippen molar-refractivity contribution in [3.8, 4) is 0 Å². The van der Waals surface area contributed by atoms with Gasteiger partial charge < -0.3 is 5.11 Å². The number of aliphatic hydroxyl groups excluding tert-OH is 1. The van der Waals surface area contributed by atoms with Crippen LogP contribution in [-0.2, 0) is 9.84 Å². The Morgan fingerprint density at radius 1 is 1.18 bits per heavy atom. The molecule has 0 aliphatic heterocycles. The highest BCUT2D eigenvalue weighted by molar-refractivity contribution is 7.91. The quantitative estimate of drug-likeness (QED) is 0.848. The van der Waals surface area contributed by atoms with Crippen molar-refractivity contribution in [2.45, 2.75) is 25.2 Å². The minimum Gasteiger partial charge on any atom is -0.396 e. The van der Waals surface area contributed by atoms with Crippen molar-refractivity contribution in [1.29, 1.82) is 0 Å². The molecule has 0 saturated heterocycles. The Morgan fingerprint density at radius 2 is 1.76 bits per heavy atom. The smallest absolute Gasteiger partial charge is 0.178 e. The maximum atomic E-state index is 12.1. The summed E-state index contributed by atoms with van der Waals surface area (Å²) in [6.07, 6.45) is 0.725. The monoisotopic (exact) mass is 256 g/mol. The molecule has 3 nitrogen and oxygen atoms in total. The fraction of sp³-hybridized carbons (Fsp3) is 0.538. The topological polar surface area (TPSA) is 54.4 Å². The van der Waals surface area contributed by atoms with Crippen molar-refractivity contribution < 1.29 is 13.5 Å². The maximum absolute atomic E-state index is 12.1. The number of hydrogen-bond donors (Lipinski definition) is 1. The molecule has 0 spiro atoms. The molecule has 1 atom stereocenters. The van der Waals surface area contributed by atoms with Gasteiger partial charge in [0.2, 0.25) is 0 Å². The van der Waals surface area contributed by atoms with Gasteiger partial charge in [0.25, 0.3) is 0 Å². The normalized spacial score (nSPS) is 13.9. The van der Waals surface area contributed by atoms with Crippen molar-refractivity contribution in [3.63, 3.8) is 0 Å². The van der Waals surface area contributed by atoms with Crippen LogP contribution in [-0.4, -0.2) is 25.9 Å². The zero-order valence-corrected chi connectivity index (χ0v) is 11.2. The second-order valence-corrected chi connectivity index (χ2v) is 6.81. The van der Waals surface area contributed by atoms with Gasteiger partial charge >= 0.3 is 0 Å². The summed E-state index contributed by atoms with van der Waals surface area (Å²) in [5, 5.41) is 9.22. The summed E-state index contributed by atoms with van der Waals surface area (Å²) in [5.74, 6) is 0.226. The van der Waals surface area contributed by atoms with Gasteiger partial charge in [-0.05, 0) is 30.4 Å². The summed E-state index contributed by atoms with van der Waals surface area (Å²) in [5.41, 5.74) is 0. The predicted molar refractivity (Wildman–Crippen MR) is 68.5 cm³/mol. The minimum atomic E-state index is -3.28. The van der Waals surface area contributed by atoms with Crippen LogP contribution in [0.5, 0.6) is 0 Å². The van der Waals surface area contributed by atoms with Crippen LogP contribution in [0.4, 0.5) is 0 Å². The van der Waals surface area contributed by atoms with Crippen molar-refractivity contribution in [1.82, 2.24) is 0 Å². The van der Waals surface area contributed by atoms with Gasteiger partial charge in [-0.1, -0.05) is 32.0 Å². The van der Waals surface area contributed by atoms with Gasteiger partial charge in [-0.2, -0.15) is 0 Å². The largest absolute Gasteiger partial charge is 0.396 e. The molecule has 0 heterocycles. The lowest BCUT2D eigenvalue weighted by Crippen LogP contribution is -2.21. The van der Waals surface area contributed by atoms with Crippen molar-refractivity contribution in [2.24, 2.45) is 11.8 Å². The molecule has 4 heteroatoms. The van der Waals surface area contributed by atoms with E-state index in [1.165, 1.54) is 0 Å². The Kier molecular flexibility index (Phi) is 5.15. The number of aliphatic hydroxyl groups is 1. The van der Waals surface area contributed by atoms with Crippen molar-refractivity contribution >= 4 is 9.84 Å². The van der Waals surface area contributed by atoms with E-state index in [0.29, 0.717) is 10.8 Å². The average molecular weight is 256 g/mol. The number of hydrogen-bond acceptors (Lipinski definition) is 3. The van der Waals surface area contributed by atoms with Gasteiger partial charge in [0.1, 0.15) is 0 Å². The number of sulfone groups is 1. The van der Waals surface area contributed by atoms with E-state index in [9.17, 15) is 13.5 Å². The summed E-state index contributed by atoms with van der Waals surface area (Å²) < 4.78 is 24.1. The molecule has 0 aromatic heterocycles. The molecule has 0 radical (unpaired) electrons. The summed E-state index contributed by atoms with van der Waals surface area (Å²) in [7, 11) is -3.28. The summed E-state index contributed by atoms with van der Waals surface area (Å²) in [6, 6.07) is 8.40. The lowest BCUT2D eigenvalue weighted by Gasteiger charge is -2.16. The zero-order valence-electron chi connectivity index (χ0n) is 10.3. The highest BCUT2D eigenvalue weighted by Crippen LogP contribution is 2.18. The predicted octanol–water partition coefficient (Wildman–Crippen LogP) is 2.11. The summed E-state index contributed by atoms with van der Waals surface area (Å²) in [4.78, 5) is 0.335. The molecule has 0 aliphatic rings. The van der Waals surface area contributed by atoms with Gasteiger partial charge in [0.05, 0.1) is 10.6 Å². The molecule has 1 rings (SSSR count). The summed E-state index contributed by atoms with van der Waals surface area (Å²) >= 11 is 0. The van der Waals surface area contributed by atoms with Crippen LogP contribution < -0.4 is 0 Å². The third-order valence-electron chi connectivity index (χ3n) is 2.62.